The Bertz CT molecular complexity index is 1150. The zero-order valence-corrected chi connectivity index (χ0v) is 18.9. The first-order valence-electron chi connectivity index (χ1n) is 9.89. The van der Waals surface area contributed by atoms with Crippen LogP contribution in [0.2, 0.25) is 10.0 Å². The Morgan fingerprint density at radius 3 is 2.39 bits per heavy atom. The van der Waals surface area contributed by atoms with Gasteiger partial charge in [-0.3, -0.25) is 5.41 Å². The van der Waals surface area contributed by atoms with Crippen molar-refractivity contribution < 1.29 is 13.2 Å². The van der Waals surface area contributed by atoms with Crippen molar-refractivity contribution in [2.45, 2.75) is 19.1 Å². The predicted octanol–water partition coefficient (Wildman–Crippen LogP) is 5.99. The van der Waals surface area contributed by atoms with Crippen LogP contribution in [0.4, 0.5) is 24.5 Å². The summed E-state index contributed by atoms with van der Waals surface area (Å²) < 4.78 is 39.0. The molecule has 174 valence electrons. The molecule has 0 atom stereocenters. The van der Waals surface area contributed by atoms with E-state index in [1.807, 2.05) is 12.1 Å². The molecule has 0 aliphatic heterocycles. The second kappa shape index (κ2) is 10.3. The molecule has 0 spiro atoms. The van der Waals surface area contributed by atoms with Gasteiger partial charge < -0.3 is 16.1 Å². The van der Waals surface area contributed by atoms with Crippen LogP contribution in [0.15, 0.2) is 60.7 Å². The van der Waals surface area contributed by atoms with Crippen LogP contribution in [-0.2, 0) is 6.54 Å². The summed E-state index contributed by atoms with van der Waals surface area (Å²) in [7, 11) is 0. The van der Waals surface area contributed by atoms with E-state index < -0.39 is 12.6 Å². The van der Waals surface area contributed by atoms with Crippen molar-refractivity contribution in [2.75, 3.05) is 17.2 Å². The van der Waals surface area contributed by atoms with E-state index in [4.69, 9.17) is 40.2 Å². The van der Waals surface area contributed by atoms with E-state index in [0.717, 1.165) is 0 Å². The lowest BCUT2D eigenvalue weighted by Crippen LogP contribution is -2.30. The number of nitrogens with zero attached hydrogens (tertiary/aromatic N) is 1. The molecule has 10 heteroatoms. The van der Waals surface area contributed by atoms with Gasteiger partial charge in [-0.25, -0.2) is 5.84 Å². The van der Waals surface area contributed by atoms with E-state index in [2.05, 4.69) is 5.43 Å². The Morgan fingerprint density at radius 2 is 1.76 bits per heavy atom. The molecule has 0 unspecified atom stereocenters. The second-order valence-corrected chi connectivity index (χ2v) is 8.20. The summed E-state index contributed by atoms with van der Waals surface area (Å²) in [6.07, 6.45) is -5.34. The smallest absolute Gasteiger partial charge is 0.390 e. The van der Waals surface area contributed by atoms with Crippen LogP contribution in [-0.4, -0.2) is 18.6 Å². The van der Waals surface area contributed by atoms with Crippen molar-refractivity contribution in [3.05, 3.63) is 81.8 Å². The third-order valence-electron chi connectivity index (χ3n) is 5.06. The summed E-state index contributed by atoms with van der Waals surface area (Å²) in [4.78, 5) is 1.54. The van der Waals surface area contributed by atoms with Crippen LogP contribution in [0.5, 0.6) is 0 Å². The number of nitrogens with one attached hydrogen (secondary N) is 2. The van der Waals surface area contributed by atoms with E-state index in [1.54, 1.807) is 48.5 Å². The zero-order chi connectivity index (χ0) is 24.2. The van der Waals surface area contributed by atoms with Gasteiger partial charge in [0, 0.05) is 28.7 Å². The predicted molar refractivity (Wildman–Crippen MR) is 129 cm³/mol. The molecule has 0 fully saturated rings. The number of amidine groups is 1. The SMILES string of the molecule is N=C(NN)c1ccccc1-c1ccc(N(CCC(F)(F)F)Cc2ccc(Cl)cc2Cl)c(N)c1. The number of hydrogen-bond acceptors (Lipinski definition) is 4. The van der Waals surface area contributed by atoms with Gasteiger partial charge in [-0.05, 0) is 41.0 Å². The average molecular weight is 496 g/mol. The number of nitrogens with two attached hydrogens (primary N) is 2. The molecule has 5 nitrogen and oxygen atoms in total. The minimum Gasteiger partial charge on any atom is -0.397 e. The number of rotatable bonds is 7. The fraction of sp³-hybridized carbons (Fsp3) is 0.174. The maximum absolute atomic E-state index is 13.0. The molecule has 6 N–H and O–H groups in total. The highest BCUT2D eigenvalue weighted by Crippen LogP contribution is 2.34. The Hall–Kier alpha value is -2.94. The quantitative estimate of drug-likeness (QED) is 0.106. The normalized spacial score (nSPS) is 11.3. The molecule has 0 saturated heterocycles. The van der Waals surface area contributed by atoms with Crippen molar-refractivity contribution in [3.63, 3.8) is 0 Å². The van der Waals surface area contributed by atoms with Gasteiger partial charge in [-0.15, -0.1) is 0 Å². The monoisotopic (exact) mass is 495 g/mol. The highest BCUT2D eigenvalue weighted by Gasteiger charge is 2.28. The number of halogens is 5. The lowest BCUT2D eigenvalue weighted by atomic mass is 9.98. The molecule has 0 saturated carbocycles. The van der Waals surface area contributed by atoms with Crippen LogP contribution in [0, 0.1) is 5.41 Å². The average Bonchev–Trinajstić information content (AvgIpc) is 2.77. The van der Waals surface area contributed by atoms with Gasteiger partial charge >= 0.3 is 6.18 Å². The van der Waals surface area contributed by atoms with Crippen LogP contribution >= 0.6 is 23.2 Å². The van der Waals surface area contributed by atoms with Gasteiger partial charge in [-0.1, -0.05) is 59.6 Å². The topological polar surface area (TPSA) is 91.2 Å². The molecule has 0 radical (unpaired) electrons. The minimum absolute atomic E-state index is 0.0254. The number of alkyl halides is 3. The van der Waals surface area contributed by atoms with Crippen LogP contribution < -0.4 is 21.9 Å². The molecule has 0 aliphatic carbocycles. The summed E-state index contributed by atoms with van der Waals surface area (Å²) in [5.41, 5.74) is 12.0. The van der Waals surface area contributed by atoms with Crippen molar-refractivity contribution >= 4 is 40.4 Å². The van der Waals surface area contributed by atoms with Crippen LogP contribution in [0.1, 0.15) is 17.5 Å². The van der Waals surface area contributed by atoms with Gasteiger partial charge in [0.05, 0.1) is 17.8 Å². The highest BCUT2D eigenvalue weighted by atomic mass is 35.5. The van der Waals surface area contributed by atoms with E-state index in [9.17, 15) is 13.2 Å². The first kappa shape index (κ1) is 24.7. The maximum atomic E-state index is 13.0. The van der Waals surface area contributed by atoms with Gasteiger partial charge in [0.25, 0.3) is 0 Å². The van der Waals surface area contributed by atoms with Gasteiger partial charge in [0.1, 0.15) is 5.84 Å². The summed E-state index contributed by atoms with van der Waals surface area (Å²) in [5.74, 6) is 5.42. The largest absolute Gasteiger partial charge is 0.397 e. The molecule has 0 heterocycles. The van der Waals surface area contributed by atoms with Gasteiger partial charge in [0.15, 0.2) is 0 Å². The Morgan fingerprint density at radius 1 is 1.03 bits per heavy atom. The summed E-state index contributed by atoms with van der Waals surface area (Å²) >= 11 is 12.2. The maximum Gasteiger partial charge on any atom is 0.390 e. The number of hydrazine groups is 1. The first-order chi connectivity index (χ1) is 15.6. The fourth-order valence-electron chi connectivity index (χ4n) is 3.44. The van der Waals surface area contributed by atoms with Crippen molar-refractivity contribution in [1.29, 1.82) is 5.41 Å². The molecular formula is C23H22Cl2F3N5. The first-order valence-corrected chi connectivity index (χ1v) is 10.6. The molecule has 0 bridgehead atoms. The zero-order valence-electron chi connectivity index (χ0n) is 17.4. The van der Waals surface area contributed by atoms with Crippen molar-refractivity contribution in [2.24, 2.45) is 5.84 Å². The molecular weight excluding hydrogens is 474 g/mol. The third-order valence-corrected chi connectivity index (χ3v) is 5.65. The van der Waals surface area contributed by atoms with E-state index in [0.29, 0.717) is 43.7 Å². The van der Waals surface area contributed by atoms with Crippen molar-refractivity contribution in [3.8, 4) is 11.1 Å². The molecule has 3 aromatic carbocycles. The fourth-order valence-corrected chi connectivity index (χ4v) is 3.91. The standard InChI is InChI=1S/C23H22Cl2F3N5/c24-16-7-5-15(19(25)12-16)13-33(10-9-23(26,27)28)21-8-6-14(11-20(21)29)17-3-1-2-4-18(17)22(30)32-31/h1-8,11-12H,9-10,13,29,31H2,(H2,30,32). The third kappa shape index (κ3) is 6.31. The second-order valence-electron chi connectivity index (χ2n) is 7.36. The molecule has 3 rings (SSSR count). The number of benzene rings is 3. The number of hydrogen-bond donors (Lipinski definition) is 4. The van der Waals surface area contributed by atoms with Crippen molar-refractivity contribution in [1.82, 2.24) is 5.43 Å². The minimum atomic E-state index is -4.33. The molecule has 0 aliphatic rings. The Balaban J connectivity index is 1.98. The van der Waals surface area contributed by atoms with Gasteiger partial charge in [-0.2, -0.15) is 13.2 Å². The summed E-state index contributed by atoms with van der Waals surface area (Å²) in [6, 6.07) is 17.1. The summed E-state index contributed by atoms with van der Waals surface area (Å²) in [5, 5.41) is 8.80. The Labute approximate surface area is 199 Å². The highest BCUT2D eigenvalue weighted by molar-refractivity contribution is 6.35. The van der Waals surface area contributed by atoms with Gasteiger partial charge in [0.2, 0.25) is 0 Å². The summed E-state index contributed by atoms with van der Waals surface area (Å²) in [6.45, 7) is -0.182. The number of anilines is 2. The molecule has 33 heavy (non-hydrogen) atoms. The van der Waals surface area contributed by atoms with E-state index in [1.165, 1.54) is 4.90 Å². The molecule has 0 aromatic heterocycles. The molecule has 0 amide bonds. The Kier molecular flexibility index (Phi) is 7.73. The van der Waals surface area contributed by atoms with E-state index in [-0.39, 0.29) is 18.9 Å². The van der Waals surface area contributed by atoms with Crippen LogP contribution in [0.3, 0.4) is 0 Å². The lowest BCUT2D eigenvalue weighted by Gasteiger charge is -2.28. The lowest BCUT2D eigenvalue weighted by molar-refractivity contribution is -0.132. The van der Waals surface area contributed by atoms with Crippen LogP contribution in [0.25, 0.3) is 11.1 Å². The number of nitrogen functional groups attached to an aromatic ring is 1. The van der Waals surface area contributed by atoms with E-state index >= 15 is 0 Å². The molecule has 3 aromatic rings.